The molecule has 178 valence electrons. The molecular formula is C21H26N4O8. The van der Waals surface area contributed by atoms with Crippen molar-refractivity contribution >= 4 is 40.6 Å². The number of hydrogen-bond donors (Lipinski definition) is 7. The second-order valence-corrected chi connectivity index (χ2v) is 7.50. The van der Waals surface area contributed by atoms with Crippen LogP contribution in [0.5, 0.6) is 0 Å². The molecule has 0 aliphatic carbocycles. The molecule has 0 bridgehead atoms. The zero-order valence-electron chi connectivity index (χ0n) is 17.6. The number of carboxylic acids is 3. The smallest absolute Gasteiger partial charge is 0.326 e. The van der Waals surface area contributed by atoms with Crippen LogP contribution in [-0.2, 0) is 30.4 Å². The number of nitrogens with one attached hydrogen (secondary N) is 3. The van der Waals surface area contributed by atoms with Crippen molar-refractivity contribution in [2.24, 2.45) is 5.73 Å². The number of hydrogen-bond acceptors (Lipinski definition) is 6. The van der Waals surface area contributed by atoms with E-state index in [1.807, 2.05) is 18.2 Å². The van der Waals surface area contributed by atoms with Gasteiger partial charge in [0.2, 0.25) is 11.8 Å². The molecule has 0 fully saturated rings. The van der Waals surface area contributed by atoms with Crippen molar-refractivity contribution in [2.45, 2.75) is 50.2 Å². The lowest BCUT2D eigenvalue weighted by molar-refractivity contribution is -0.143. The maximum Gasteiger partial charge on any atom is 0.326 e. The van der Waals surface area contributed by atoms with Gasteiger partial charge in [0.1, 0.15) is 12.1 Å². The highest BCUT2D eigenvalue weighted by molar-refractivity contribution is 5.93. The second-order valence-electron chi connectivity index (χ2n) is 7.50. The molecule has 1 aromatic carbocycles. The number of nitrogens with two attached hydrogens (primary N) is 1. The van der Waals surface area contributed by atoms with Gasteiger partial charge in [0.05, 0.1) is 6.04 Å². The molecule has 8 N–H and O–H groups in total. The van der Waals surface area contributed by atoms with Gasteiger partial charge >= 0.3 is 17.9 Å². The highest BCUT2D eigenvalue weighted by Crippen LogP contribution is 2.19. The third-order valence-corrected chi connectivity index (χ3v) is 5.00. The van der Waals surface area contributed by atoms with Crippen LogP contribution in [0.15, 0.2) is 30.5 Å². The Hall–Kier alpha value is -3.93. The number of benzene rings is 1. The first-order chi connectivity index (χ1) is 15.6. The third kappa shape index (κ3) is 7.61. The van der Waals surface area contributed by atoms with E-state index in [4.69, 9.17) is 15.9 Å². The monoisotopic (exact) mass is 462 g/mol. The summed E-state index contributed by atoms with van der Waals surface area (Å²) in [6.07, 6.45) is 0.321. The Morgan fingerprint density at radius 2 is 1.48 bits per heavy atom. The highest BCUT2D eigenvalue weighted by Gasteiger charge is 2.29. The highest BCUT2D eigenvalue weighted by atomic mass is 16.4. The largest absolute Gasteiger partial charge is 0.481 e. The van der Waals surface area contributed by atoms with E-state index in [1.165, 1.54) is 0 Å². The molecule has 12 nitrogen and oxygen atoms in total. The number of para-hydroxylation sites is 1. The molecule has 0 aliphatic rings. The van der Waals surface area contributed by atoms with Gasteiger partial charge in [-0.3, -0.25) is 19.2 Å². The van der Waals surface area contributed by atoms with E-state index in [9.17, 15) is 29.1 Å². The number of aromatic amines is 1. The Bertz CT molecular complexity index is 1030. The lowest BCUT2D eigenvalue weighted by Crippen LogP contribution is -2.55. The summed E-state index contributed by atoms with van der Waals surface area (Å²) in [5, 5.41) is 32.4. The number of carboxylic acid groups (broad SMARTS) is 3. The molecule has 3 atom stereocenters. The van der Waals surface area contributed by atoms with Gasteiger partial charge in [-0.2, -0.15) is 0 Å². The molecule has 2 aromatic rings. The first-order valence-electron chi connectivity index (χ1n) is 10.2. The number of H-pyrrole nitrogens is 1. The van der Waals surface area contributed by atoms with Crippen molar-refractivity contribution in [2.75, 3.05) is 0 Å². The molecule has 0 saturated carbocycles. The number of carbonyl (C=O) groups is 5. The molecule has 2 rings (SSSR count). The number of carbonyl (C=O) groups excluding carboxylic acids is 2. The van der Waals surface area contributed by atoms with Crippen LogP contribution in [0.4, 0.5) is 0 Å². The minimum Gasteiger partial charge on any atom is -0.481 e. The van der Waals surface area contributed by atoms with Gasteiger partial charge in [0.25, 0.3) is 0 Å². The first kappa shape index (κ1) is 25.3. The Morgan fingerprint density at radius 1 is 0.879 bits per heavy atom. The van der Waals surface area contributed by atoms with Gasteiger partial charge in [-0.1, -0.05) is 18.2 Å². The Balaban J connectivity index is 2.22. The summed E-state index contributed by atoms with van der Waals surface area (Å²) < 4.78 is 0. The molecule has 0 aliphatic heterocycles. The van der Waals surface area contributed by atoms with Crippen LogP contribution in [0.2, 0.25) is 0 Å². The fourth-order valence-corrected chi connectivity index (χ4v) is 3.22. The molecule has 33 heavy (non-hydrogen) atoms. The van der Waals surface area contributed by atoms with Crippen LogP contribution in [0.1, 0.15) is 31.2 Å². The summed E-state index contributed by atoms with van der Waals surface area (Å²) in [7, 11) is 0. The zero-order chi connectivity index (χ0) is 24.5. The Labute approximate surface area is 188 Å². The average molecular weight is 462 g/mol. The standard InChI is InChI=1S/C21H26N4O8/c22-13(5-7-17(26)27)19(30)25-16(9-11-10-23-14-4-2-1-3-12(11)14)20(31)24-15(21(32)33)6-8-18(28)29/h1-4,10,13,15-16,23H,5-9,22H2,(H,24,31)(H,25,30)(H,26,27)(H,28,29)(H,32,33)/t13-,15-,16-/m0/s1. The molecule has 12 heteroatoms. The summed E-state index contributed by atoms with van der Waals surface area (Å²) in [5.41, 5.74) is 7.20. The van der Waals surface area contributed by atoms with Gasteiger partial charge in [0, 0.05) is 36.4 Å². The van der Waals surface area contributed by atoms with Crippen LogP contribution in [0, 0.1) is 0 Å². The minimum atomic E-state index is -1.48. The van der Waals surface area contributed by atoms with Crippen LogP contribution in [-0.4, -0.2) is 68.2 Å². The zero-order valence-corrected chi connectivity index (χ0v) is 17.6. The molecule has 0 unspecified atom stereocenters. The molecule has 2 amide bonds. The summed E-state index contributed by atoms with van der Waals surface area (Å²) in [6, 6.07) is 3.33. The SMILES string of the molecule is N[C@@H](CCC(=O)O)C(=O)N[C@@H](Cc1c[nH]c2ccccc12)C(=O)N[C@@H](CCC(=O)O)C(=O)O. The van der Waals surface area contributed by atoms with E-state index in [0.717, 1.165) is 10.9 Å². The fraction of sp³-hybridized carbons (Fsp3) is 0.381. The van der Waals surface area contributed by atoms with Crippen LogP contribution in [0.25, 0.3) is 10.9 Å². The number of rotatable bonds is 13. The first-order valence-corrected chi connectivity index (χ1v) is 10.2. The van der Waals surface area contributed by atoms with Crippen molar-refractivity contribution in [1.29, 1.82) is 0 Å². The molecule has 0 spiro atoms. The minimum absolute atomic E-state index is 0.0154. The number of aromatic nitrogens is 1. The van der Waals surface area contributed by atoms with E-state index in [-0.39, 0.29) is 25.7 Å². The van der Waals surface area contributed by atoms with Crippen LogP contribution in [0.3, 0.4) is 0 Å². The molecule has 1 aromatic heterocycles. The maximum absolute atomic E-state index is 12.9. The second kappa shape index (κ2) is 11.6. The summed E-state index contributed by atoms with van der Waals surface area (Å²) >= 11 is 0. The van der Waals surface area contributed by atoms with E-state index in [2.05, 4.69) is 15.6 Å². The molecule has 0 saturated heterocycles. The predicted octanol–water partition coefficient (Wildman–Crippen LogP) is -0.178. The van der Waals surface area contributed by atoms with Gasteiger partial charge < -0.3 is 36.7 Å². The third-order valence-electron chi connectivity index (χ3n) is 5.00. The van der Waals surface area contributed by atoms with Crippen molar-refractivity contribution in [1.82, 2.24) is 15.6 Å². The maximum atomic E-state index is 12.9. The Kier molecular flexibility index (Phi) is 8.92. The van der Waals surface area contributed by atoms with Gasteiger partial charge in [-0.05, 0) is 24.5 Å². The molecule has 0 radical (unpaired) electrons. The average Bonchev–Trinajstić information content (AvgIpc) is 3.16. The summed E-state index contributed by atoms with van der Waals surface area (Å²) in [6.45, 7) is 0. The van der Waals surface area contributed by atoms with E-state index in [1.54, 1.807) is 12.3 Å². The normalized spacial score (nSPS) is 13.6. The quantitative estimate of drug-likeness (QED) is 0.210. The van der Waals surface area contributed by atoms with Gasteiger partial charge in [-0.25, -0.2) is 4.79 Å². The summed E-state index contributed by atoms with van der Waals surface area (Å²) in [5.74, 6) is -5.37. The van der Waals surface area contributed by atoms with Gasteiger partial charge in [0.15, 0.2) is 0 Å². The van der Waals surface area contributed by atoms with Gasteiger partial charge in [-0.15, -0.1) is 0 Å². The van der Waals surface area contributed by atoms with E-state index < -0.39 is 54.3 Å². The molecule has 1 heterocycles. The number of aliphatic carboxylic acids is 3. The molecular weight excluding hydrogens is 436 g/mol. The van der Waals surface area contributed by atoms with Crippen molar-refractivity contribution < 1.29 is 39.3 Å². The van der Waals surface area contributed by atoms with E-state index in [0.29, 0.717) is 5.56 Å². The van der Waals surface area contributed by atoms with Crippen molar-refractivity contribution in [3.05, 3.63) is 36.0 Å². The lowest BCUT2D eigenvalue weighted by atomic mass is 10.0. The predicted molar refractivity (Wildman–Crippen MR) is 115 cm³/mol. The van der Waals surface area contributed by atoms with Crippen molar-refractivity contribution in [3.8, 4) is 0 Å². The Morgan fingerprint density at radius 3 is 2.12 bits per heavy atom. The number of fused-ring (bicyclic) bond motifs is 1. The topological polar surface area (TPSA) is 212 Å². The fourth-order valence-electron chi connectivity index (χ4n) is 3.22. The number of amides is 2. The van der Waals surface area contributed by atoms with Crippen molar-refractivity contribution in [3.63, 3.8) is 0 Å². The lowest BCUT2D eigenvalue weighted by Gasteiger charge is -2.22. The van der Waals surface area contributed by atoms with Crippen LogP contribution >= 0.6 is 0 Å². The van der Waals surface area contributed by atoms with Crippen LogP contribution < -0.4 is 16.4 Å². The summed E-state index contributed by atoms with van der Waals surface area (Å²) in [4.78, 5) is 61.4. The van der Waals surface area contributed by atoms with E-state index >= 15 is 0 Å².